The van der Waals surface area contributed by atoms with Gasteiger partial charge < -0.3 is 34.7 Å². The molecule has 0 aliphatic carbocycles. The number of morpholine rings is 1. The molecule has 3 N–H and O–H groups in total. The van der Waals surface area contributed by atoms with E-state index in [9.17, 15) is 19.2 Å². The van der Waals surface area contributed by atoms with Gasteiger partial charge in [0, 0.05) is 32.7 Å². The molecule has 0 spiro atoms. The van der Waals surface area contributed by atoms with Crippen LogP contribution in [-0.2, 0) is 41.6 Å². The Hall–Kier alpha value is -3.65. The van der Waals surface area contributed by atoms with Crippen LogP contribution < -0.4 is 16.0 Å². The predicted molar refractivity (Wildman–Crippen MR) is 159 cm³/mol. The fourth-order valence-electron chi connectivity index (χ4n) is 4.98. The number of carbonyl (C=O) groups excluding carboxylic acids is 4. The summed E-state index contributed by atoms with van der Waals surface area (Å²) in [5.41, 5.74) is -0.0892. The molecule has 0 radical (unpaired) electrons. The number of amides is 3. The molecular formula is C31H43N5O8. The Morgan fingerprint density at radius 2 is 1.66 bits per heavy atom. The fourth-order valence-corrected chi connectivity index (χ4v) is 4.98. The molecule has 2 aliphatic rings. The minimum Gasteiger partial charge on any atom is -0.382 e. The molecule has 3 amide bonds. The summed E-state index contributed by atoms with van der Waals surface area (Å²) >= 11 is 0. The number of hydrogen-bond donors (Lipinski definition) is 3. The summed E-state index contributed by atoms with van der Waals surface area (Å²) in [4.78, 5) is 55.5. The van der Waals surface area contributed by atoms with Gasteiger partial charge in [0.2, 0.25) is 11.8 Å². The Morgan fingerprint density at radius 3 is 2.30 bits per heavy atom. The lowest BCUT2D eigenvalue weighted by atomic mass is 9.93. The summed E-state index contributed by atoms with van der Waals surface area (Å²) in [6.45, 7) is 9.00. The second kappa shape index (κ2) is 15.4. The molecule has 4 rings (SSSR count). The van der Waals surface area contributed by atoms with Crippen molar-refractivity contribution in [3.63, 3.8) is 0 Å². The molecule has 240 valence electrons. The molecular weight excluding hydrogens is 570 g/mol. The van der Waals surface area contributed by atoms with E-state index in [-0.39, 0.29) is 30.4 Å². The first-order chi connectivity index (χ1) is 21.1. The Balaban J connectivity index is 1.45. The lowest BCUT2D eigenvalue weighted by Crippen LogP contribution is -2.58. The number of ketones is 1. The summed E-state index contributed by atoms with van der Waals surface area (Å²) in [5, 5.41) is 12.1. The lowest BCUT2D eigenvalue weighted by Gasteiger charge is -2.26. The highest BCUT2D eigenvalue weighted by atomic mass is 16.6. The average molecular weight is 614 g/mol. The number of epoxide rings is 1. The maximum absolute atomic E-state index is 13.6. The van der Waals surface area contributed by atoms with E-state index in [4.69, 9.17) is 18.7 Å². The van der Waals surface area contributed by atoms with Gasteiger partial charge in [0.05, 0.1) is 39.0 Å². The molecule has 1 aromatic heterocycles. The SMILES string of the molecule is COC[C@H](NC(=O)c1cc(CN2CCOCC2)on1)C(=O)N[C@@H](Cc1ccccc1)C(=O)N[C@@H](CC(C)C)C(=O)[C@]1(C)CO1. The van der Waals surface area contributed by atoms with Gasteiger partial charge in [-0.1, -0.05) is 49.3 Å². The van der Waals surface area contributed by atoms with Gasteiger partial charge in [-0.3, -0.25) is 24.1 Å². The molecule has 13 heteroatoms. The average Bonchev–Trinajstić information content (AvgIpc) is 3.59. The third kappa shape index (κ3) is 9.42. The maximum atomic E-state index is 13.6. The largest absolute Gasteiger partial charge is 0.382 e. The Bertz CT molecular complexity index is 1270. The summed E-state index contributed by atoms with van der Waals surface area (Å²) in [7, 11) is 1.40. The first-order valence-corrected chi connectivity index (χ1v) is 15.0. The van der Waals surface area contributed by atoms with Crippen molar-refractivity contribution in [1.29, 1.82) is 0 Å². The van der Waals surface area contributed by atoms with Crippen LogP contribution in [-0.4, -0.2) is 104 Å². The van der Waals surface area contributed by atoms with Crippen molar-refractivity contribution < 1.29 is 37.9 Å². The first-order valence-electron chi connectivity index (χ1n) is 15.0. The number of nitrogens with zero attached hydrogens (tertiary/aromatic N) is 2. The van der Waals surface area contributed by atoms with E-state index in [0.717, 1.165) is 18.7 Å². The number of hydrogen-bond acceptors (Lipinski definition) is 10. The van der Waals surface area contributed by atoms with Crippen LogP contribution in [0.1, 0.15) is 49.0 Å². The highest BCUT2D eigenvalue weighted by molar-refractivity contribution is 5.99. The van der Waals surface area contributed by atoms with E-state index in [1.807, 2.05) is 44.2 Å². The maximum Gasteiger partial charge on any atom is 0.274 e. The zero-order valence-corrected chi connectivity index (χ0v) is 25.8. The molecule has 2 saturated heterocycles. The van der Waals surface area contributed by atoms with Gasteiger partial charge >= 0.3 is 0 Å². The predicted octanol–water partition coefficient (Wildman–Crippen LogP) is 0.868. The molecule has 0 saturated carbocycles. The van der Waals surface area contributed by atoms with Crippen molar-refractivity contribution >= 4 is 23.5 Å². The quantitative estimate of drug-likeness (QED) is 0.231. The Morgan fingerprint density at radius 1 is 1.00 bits per heavy atom. The van der Waals surface area contributed by atoms with Crippen molar-refractivity contribution in [2.75, 3.05) is 46.6 Å². The summed E-state index contributed by atoms with van der Waals surface area (Å²) in [6.07, 6.45) is 0.583. The topological polar surface area (TPSA) is 165 Å². The normalized spacial score (nSPS) is 20.4. The van der Waals surface area contributed by atoms with Gasteiger partial charge in [0.25, 0.3) is 5.91 Å². The number of rotatable bonds is 16. The molecule has 0 bridgehead atoms. The molecule has 13 nitrogen and oxygen atoms in total. The van der Waals surface area contributed by atoms with Crippen molar-refractivity contribution in [1.82, 2.24) is 26.0 Å². The minimum atomic E-state index is -1.13. The number of carbonyl (C=O) groups is 4. The van der Waals surface area contributed by atoms with Gasteiger partial charge in [-0.15, -0.1) is 0 Å². The van der Waals surface area contributed by atoms with Crippen LogP contribution in [0.2, 0.25) is 0 Å². The highest BCUT2D eigenvalue weighted by Crippen LogP contribution is 2.29. The molecule has 44 heavy (non-hydrogen) atoms. The number of nitrogens with one attached hydrogen (secondary N) is 3. The van der Waals surface area contributed by atoms with Crippen molar-refractivity contribution in [3.05, 3.63) is 53.4 Å². The Labute approximate surface area is 257 Å². The van der Waals surface area contributed by atoms with Crippen LogP contribution in [0.25, 0.3) is 0 Å². The van der Waals surface area contributed by atoms with E-state index in [0.29, 0.717) is 38.5 Å². The van der Waals surface area contributed by atoms with Crippen LogP contribution in [0.3, 0.4) is 0 Å². The Kier molecular flexibility index (Phi) is 11.6. The summed E-state index contributed by atoms with van der Waals surface area (Å²) in [5.74, 6) is -1.32. The van der Waals surface area contributed by atoms with Gasteiger partial charge in [0.15, 0.2) is 17.2 Å². The van der Waals surface area contributed by atoms with Crippen LogP contribution >= 0.6 is 0 Å². The van der Waals surface area contributed by atoms with E-state index in [1.165, 1.54) is 13.2 Å². The first kappa shape index (κ1) is 33.2. The number of Topliss-reactive ketones (excluding diaryl/α,β-unsaturated/α-hetero) is 1. The van der Waals surface area contributed by atoms with E-state index >= 15 is 0 Å². The van der Waals surface area contributed by atoms with Crippen LogP contribution in [0.5, 0.6) is 0 Å². The van der Waals surface area contributed by atoms with Gasteiger partial charge in [-0.05, 0) is 24.8 Å². The summed E-state index contributed by atoms with van der Waals surface area (Å²) < 4.78 is 21.3. The third-order valence-electron chi connectivity index (χ3n) is 7.58. The summed E-state index contributed by atoms with van der Waals surface area (Å²) in [6, 6.07) is 7.79. The van der Waals surface area contributed by atoms with Crippen molar-refractivity contribution in [2.24, 2.45) is 5.92 Å². The zero-order chi connectivity index (χ0) is 31.7. The molecule has 2 fully saturated rings. The van der Waals surface area contributed by atoms with E-state index < -0.39 is 41.4 Å². The van der Waals surface area contributed by atoms with Gasteiger partial charge in [-0.25, -0.2) is 0 Å². The van der Waals surface area contributed by atoms with E-state index in [1.54, 1.807) is 6.92 Å². The second-order valence-corrected chi connectivity index (χ2v) is 11.9. The van der Waals surface area contributed by atoms with E-state index in [2.05, 4.69) is 26.0 Å². The van der Waals surface area contributed by atoms with Gasteiger partial charge in [-0.2, -0.15) is 0 Å². The zero-order valence-electron chi connectivity index (χ0n) is 25.8. The van der Waals surface area contributed by atoms with Crippen LogP contribution in [0, 0.1) is 5.92 Å². The van der Waals surface area contributed by atoms with Crippen molar-refractivity contribution in [2.45, 2.75) is 63.9 Å². The number of ether oxygens (including phenoxy) is 3. The van der Waals surface area contributed by atoms with Gasteiger partial charge in [0.1, 0.15) is 17.7 Å². The molecule has 0 unspecified atom stereocenters. The molecule has 3 heterocycles. The lowest BCUT2D eigenvalue weighted by molar-refractivity contribution is -0.133. The highest BCUT2D eigenvalue weighted by Gasteiger charge is 2.50. The van der Waals surface area contributed by atoms with Crippen LogP contribution in [0.4, 0.5) is 0 Å². The van der Waals surface area contributed by atoms with Crippen LogP contribution in [0.15, 0.2) is 40.9 Å². The second-order valence-electron chi connectivity index (χ2n) is 11.9. The molecule has 2 aliphatic heterocycles. The van der Waals surface area contributed by atoms with Crippen molar-refractivity contribution in [3.8, 4) is 0 Å². The third-order valence-corrected chi connectivity index (χ3v) is 7.58. The number of benzene rings is 1. The molecule has 2 aromatic rings. The molecule has 4 atom stereocenters. The smallest absolute Gasteiger partial charge is 0.274 e. The number of methoxy groups -OCH3 is 1. The monoisotopic (exact) mass is 613 g/mol. The number of aromatic nitrogens is 1. The minimum absolute atomic E-state index is 0.0200. The fraction of sp³-hybridized carbons (Fsp3) is 0.581. The molecule has 1 aromatic carbocycles. The standard InChI is InChI=1S/C31H43N5O8/c1-20(2)14-23(27(37)31(3)19-43-31)32-28(38)24(15-21-8-6-5-7-9-21)33-30(40)26(18-41-4)34-29(39)25-16-22(44-35-25)17-36-10-12-42-13-11-36/h5-9,16,20,23-24,26H,10-15,17-19H2,1-4H3,(H,32,38)(H,33,40)(H,34,39)/t23-,24-,26-,31-/m0/s1.